The molecule has 1 unspecified atom stereocenters. The molecule has 3 N–H and O–H groups in total. The monoisotopic (exact) mass is 456 g/mol. The molecule has 2 aliphatic heterocycles. The Kier molecular flexibility index (Phi) is 6.69. The van der Waals surface area contributed by atoms with Gasteiger partial charge in [-0.3, -0.25) is 4.79 Å². The fourth-order valence-electron chi connectivity index (χ4n) is 4.03. The number of amidine groups is 1. The third-order valence-electron chi connectivity index (χ3n) is 6.05. The van der Waals surface area contributed by atoms with Crippen LogP contribution in [0.1, 0.15) is 25.8 Å². The molecule has 4 rings (SSSR count). The van der Waals surface area contributed by atoms with Crippen molar-refractivity contribution in [1.29, 1.82) is 0 Å². The molecular weight excluding hydrogens is 428 g/mol. The standard InChI is InChI=1S/C24H29ClN4O3/c1-24(2,23(31)27-10-5-13-30)21-15-29(12-11-26-21)22-17-6-3-4-7-19(17)32-20-9-8-16(25)14-18(20)28-22/h3-4,6-9,14,21,26,30H,5,10-13,15H2,1-2H3,(H,27,31). The smallest absolute Gasteiger partial charge is 0.227 e. The van der Waals surface area contributed by atoms with Crippen LogP contribution in [0.2, 0.25) is 5.02 Å². The Labute approximate surface area is 193 Å². The van der Waals surface area contributed by atoms with Crippen LogP contribution in [-0.4, -0.2) is 60.6 Å². The largest absolute Gasteiger partial charge is 0.454 e. The summed E-state index contributed by atoms with van der Waals surface area (Å²) in [7, 11) is 0. The van der Waals surface area contributed by atoms with Crippen molar-refractivity contribution < 1.29 is 14.6 Å². The lowest BCUT2D eigenvalue weighted by atomic mass is 9.82. The molecule has 7 nitrogen and oxygen atoms in total. The predicted molar refractivity (Wildman–Crippen MR) is 126 cm³/mol. The number of para-hydroxylation sites is 1. The summed E-state index contributed by atoms with van der Waals surface area (Å²) >= 11 is 6.24. The first-order chi connectivity index (χ1) is 15.4. The number of carbonyl (C=O) groups is 1. The van der Waals surface area contributed by atoms with E-state index in [1.165, 1.54) is 0 Å². The highest BCUT2D eigenvalue weighted by molar-refractivity contribution is 6.31. The molecule has 170 valence electrons. The van der Waals surface area contributed by atoms with Gasteiger partial charge >= 0.3 is 0 Å². The molecule has 32 heavy (non-hydrogen) atoms. The molecule has 0 spiro atoms. The molecule has 1 atom stereocenters. The van der Waals surface area contributed by atoms with Crippen molar-refractivity contribution in [2.75, 3.05) is 32.8 Å². The number of halogens is 1. The zero-order valence-corrected chi connectivity index (χ0v) is 19.2. The molecule has 8 heteroatoms. The van der Waals surface area contributed by atoms with E-state index in [0.717, 1.165) is 30.2 Å². The minimum absolute atomic E-state index is 0.0334. The number of aliphatic hydroxyl groups is 1. The van der Waals surface area contributed by atoms with Gasteiger partial charge in [-0.25, -0.2) is 4.99 Å². The minimum atomic E-state index is -0.642. The highest BCUT2D eigenvalue weighted by Gasteiger charge is 2.40. The zero-order valence-electron chi connectivity index (χ0n) is 18.4. The van der Waals surface area contributed by atoms with E-state index >= 15 is 0 Å². The Morgan fingerprint density at radius 2 is 2.12 bits per heavy atom. The fraction of sp³-hybridized carbons (Fsp3) is 0.417. The summed E-state index contributed by atoms with van der Waals surface area (Å²) in [5, 5.41) is 16.0. The van der Waals surface area contributed by atoms with Crippen molar-refractivity contribution in [3.8, 4) is 11.5 Å². The molecule has 1 amide bonds. The maximum absolute atomic E-state index is 12.9. The lowest BCUT2D eigenvalue weighted by Gasteiger charge is -2.42. The van der Waals surface area contributed by atoms with Crippen LogP contribution in [0, 0.1) is 5.41 Å². The third kappa shape index (κ3) is 4.60. The number of benzene rings is 2. The van der Waals surface area contributed by atoms with Crippen LogP contribution in [0.15, 0.2) is 47.5 Å². The van der Waals surface area contributed by atoms with Gasteiger partial charge in [-0.15, -0.1) is 0 Å². The molecule has 2 heterocycles. The lowest BCUT2D eigenvalue weighted by Crippen LogP contribution is -2.61. The van der Waals surface area contributed by atoms with Gasteiger partial charge in [0.25, 0.3) is 0 Å². The van der Waals surface area contributed by atoms with E-state index in [1.54, 1.807) is 12.1 Å². The predicted octanol–water partition coefficient (Wildman–Crippen LogP) is 3.32. The number of amides is 1. The number of nitrogens with one attached hydrogen (secondary N) is 2. The van der Waals surface area contributed by atoms with Crippen LogP contribution in [0.3, 0.4) is 0 Å². The highest BCUT2D eigenvalue weighted by atomic mass is 35.5. The molecule has 0 aromatic heterocycles. The van der Waals surface area contributed by atoms with Gasteiger partial charge < -0.3 is 25.4 Å². The number of fused-ring (bicyclic) bond motifs is 2. The Morgan fingerprint density at radius 1 is 1.31 bits per heavy atom. The number of nitrogens with zero attached hydrogens (tertiary/aromatic N) is 2. The SMILES string of the molecule is CC(C)(C(=O)NCCCO)C1CN(C2=Nc3cc(Cl)ccc3Oc3ccccc32)CCN1. The molecule has 2 aliphatic rings. The van der Waals surface area contributed by atoms with E-state index in [2.05, 4.69) is 15.5 Å². The number of hydrogen-bond acceptors (Lipinski definition) is 6. The first-order valence-electron chi connectivity index (χ1n) is 10.9. The second kappa shape index (κ2) is 9.48. The van der Waals surface area contributed by atoms with E-state index < -0.39 is 5.41 Å². The topological polar surface area (TPSA) is 86.2 Å². The van der Waals surface area contributed by atoms with Crippen LogP contribution >= 0.6 is 11.6 Å². The lowest BCUT2D eigenvalue weighted by molar-refractivity contribution is -0.131. The zero-order chi connectivity index (χ0) is 22.7. The van der Waals surface area contributed by atoms with Gasteiger partial charge in [0.2, 0.25) is 5.91 Å². The average Bonchev–Trinajstić information content (AvgIpc) is 2.95. The molecule has 0 radical (unpaired) electrons. The highest BCUT2D eigenvalue weighted by Crippen LogP contribution is 2.39. The van der Waals surface area contributed by atoms with Gasteiger partial charge in [-0.2, -0.15) is 0 Å². The molecule has 0 bridgehead atoms. The van der Waals surface area contributed by atoms with Gasteiger partial charge in [-0.05, 0) is 50.6 Å². The Hall–Kier alpha value is -2.61. The molecule has 0 saturated carbocycles. The number of aliphatic imine (C=N–C) groups is 1. The Morgan fingerprint density at radius 3 is 2.94 bits per heavy atom. The summed E-state index contributed by atoms with van der Waals surface area (Å²) in [6.07, 6.45) is 0.543. The summed E-state index contributed by atoms with van der Waals surface area (Å²) in [4.78, 5) is 20.0. The molecule has 1 fully saturated rings. The number of rotatable bonds is 5. The van der Waals surface area contributed by atoms with Gasteiger partial charge in [0.15, 0.2) is 5.75 Å². The normalized spacial score (nSPS) is 18.1. The minimum Gasteiger partial charge on any atom is -0.454 e. The van der Waals surface area contributed by atoms with Gasteiger partial charge in [0.05, 0.1) is 11.0 Å². The van der Waals surface area contributed by atoms with Crippen LogP contribution in [0.25, 0.3) is 0 Å². The fourth-order valence-corrected chi connectivity index (χ4v) is 4.20. The van der Waals surface area contributed by atoms with Crippen LogP contribution in [-0.2, 0) is 4.79 Å². The van der Waals surface area contributed by atoms with E-state index in [9.17, 15) is 4.79 Å². The first-order valence-corrected chi connectivity index (χ1v) is 11.3. The van der Waals surface area contributed by atoms with E-state index in [4.69, 9.17) is 26.4 Å². The second-order valence-corrected chi connectivity index (χ2v) is 9.09. The van der Waals surface area contributed by atoms with Crippen LogP contribution in [0.4, 0.5) is 5.69 Å². The first kappa shape index (κ1) is 22.6. The van der Waals surface area contributed by atoms with E-state index in [0.29, 0.717) is 36.0 Å². The quantitative estimate of drug-likeness (QED) is 0.601. The van der Waals surface area contributed by atoms with Crippen molar-refractivity contribution in [1.82, 2.24) is 15.5 Å². The van der Waals surface area contributed by atoms with Crippen LogP contribution in [0.5, 0.6) is 11.5 Å². The summed E-state index contributed by atoms with van der Waals surface area (Å²) in [6.45, 7) is 6.51. The van der Waals surface area contributed by atoms with E-state index in [-0.39, 0.29) is 18.6 Å². The Bertz CT molecular complexity index is 1020. The average molecular weight is 457 g/mol. The maximum Gasteiger partial charge on any atom is 0.227 e. The number of piperazine rings is 1. The number of aliphatic hydroxyl groups excluding tert-OH is 1. The van der Waals surface area contributed by atoms with Crippen molar-refractivity contribution in [3.05, 3.63) is 53.1 Å². The summed E-state index contributed by atoms with van der Waals surface area (Å²) in [5.41, 5.74) is 0.946. The molecule has 0 aliphatic carbocycles. The molecular formula is C24H29ClN4O3. The van der Waals surface area contributed by atoms with Crippen molar-refractivity contribution in [3.63, 3.8) is 0 Å². The molecule has 2 aromatic rings. The van der Waals surface area contributed by atoms with Gasteiger partial charge in [-0.1, -0.05) is 23.7 Å². The Balaban J connectivity index is 1.64. The van der Waals surface area contributed by atoms with Crippen LogP contribution < -0.4 is 15.4 Å². The summed E-state index contributed by atoms with van der Waals surface area (Å²) in [6, 6.07) is 13.2. The molecule has 2 aromatic carbocycles. The van der Waals surface area contributed by atoms with Gasteiger partial charge in [0.1, 0.15) is 17.3 Å². The number of carbonyl (C=O) groups excluding carboxylic acids is 1. The third-order valence-corrected chi connectivity index (χ3v) is 6.28. The molecule has 1 saturated heterocycles. The number of hydrogen-bond donors (Lipinski definition) is 3. The second-order valence-electron chi connectivity index (χ2n) is 8.65. The summed E-state index contributed by atoms with van der Waals surface area (Å²) in [5.74, 6) is 2.18. The number of ether oxygens (including phenoxy) is 1. The van der Waals surface area contributed by atoms with Crippen molar-refractivity contribution in [2.24, 2.45) is 10.4 Å². The van der Waals surface area contributed by atoms with Gasteiger partial charge in [0, 0.05) is 43.9 Å². The van der Waals surface area contributed by atoms with Crippen molar-refractivity contribution >= 4 is 29.0 Å². The maximum atomic E-state index is 12.9. The van der Waals surface area contributed by atoms with Crippen molar-refractivity contribution in [2.45, 2.75) is 26.3 Å². The summed E-state index contributed by atoms with van der Waals surface area (Å²) < 4.78 is 6.17. The van der Waals surface area contributed by atoms with E-state index in [1.807, 2.05) is 44.2 Å².